The van der Waals surface area contributed by atoms with Crippen LogP contribution >= 0.6 is 0 Å². The zero-order valence-electron chi connectivity index (χ0n) is 80.8. The van der Waals surface area contributed by atoms with E-state index in [0.717, 1.165) is 32.6 Å². The van der Waals surface area contributed by atoms with Gasteiger partial charge in [0.25, 0.3) is 6.10 Å². The highest BCUT2D eigenvalue weighted by atomic mass is 19.4. The molecule has 0 amide bonds. The number of halogens is 9. The van der Waals surface area contributed by atoms with Crippen molar-refractivity contribution in [2.24, 2.45) is 68.0 Å². The lowest BCUT2D eigenvalue weighted by atomic mass is 9.73. The van der Waals surface area contributed by atoms with Crippen molar-refractivity contribution in [3.05, 3.63) is 70.8 Å². The van der Waals surface area contributed by atoms with Crippen LogP contribution in [-0.4, -0.2) is 115 Å². The smallest absolute Gasteiger partial charge is 0.434 e. The predicted octanol–water partition coefficient (Wildman–Crippen LogP) is 26.6. The molecule has 0 radical (unpaired) electrons. The maximum atomic E-state index is 12.8. The minimum atomic E-state index is -5.89. The van der Waals surface area contributed by atoms with Gasteiger partial charge in [-0.2, -0.15) is 39.5 Å². The van der Waals surface area contributed by atoms with Crippen LogP contribution in [0.3, 0.4) is 0 Å². The number of carbonyl (C=O) groups is 8. The number of aliphatic carboxylic acids is 1. The Bertz CT molecular complexity index is 3310. The quantitative estimate of drug-likeness (QED) is 0.0332. The van der Waals surface area contributed by atoms with Crippen LogP contribution in [0.2, 0.25) is 0 Å². The largest absolute Gasteiger partial charge is 0.481 e. The molecule has 10 unspecified atom stereocenters. The van der Waals surface area contributed by atoms with E-state index in [-0.39, 0.29) is 64.1 Å². The van der Waals surface area contributed by atoms with Crippen molar-refractivity contribution in [2.45, 2.75) is 417 Å². The fraction of sp³-hybridized carbons (Fsp3) is 0.792. The summed E-state index contributed by atoms with van der Waals surface area (Å²) in [5, 5.41) is 8.44. The first kappa shape index (κ1) is 119. The molecular weight excluding hydrogens is 1580 g/mol. The van der Waals surface area contributed by atoms with Crippen molar-refractivity contribution in [2.75, 3.05) is 6.61 Å². The van der Waals surface area contributed by atoms with Gasteiger partial charge in [-0.25, -0.2) is 0 Å². The number of hydrogen-bond acceptors (Lipinski definition) is 15. The van der Waals surface area contributed by atoms with Gasteiger partial charge in [-0.1, -0.05) is 227 Å². The molecule has 704 valence electrons. The highest BCUT2D eigenvalue weighted by Gasteiger charge is 2.77. The molecule has 2 aromatic rings. The molecule has 2 aromatic carbocycles. The standard InChI is InChI=1S/C18H20F6O6.2C14H22.2C13H26O2.C9H15F3O2.C9H18O2.C6H12O2/c1-4-15(2,3)12(25)28-9-7-5-8-10(9)29-13(26)16(8,6-7)14(27)30-11(17(19,20)21)18(22,23)24;2*1-6-11(2)12-7-9-13(10-8-12)14(3,4)5;1-8-13(6,7)12(14)15-11(9(2)3)10(4)5;1-5-8-9-12(7-3)10-15-13(14)11(4)6-2;1-5-8(3,4)7(13)14-6(2)9(10,11)12;1-6-9(4,5)8(10)11-7(2)3;1-4-6(2,3)5(7)8/h7-11H,4-6H2,1-3H3;2*7-11H,6H2,1-5H3;9-11H,8H2,1-7H3;11-12H,5-10H2,1-4H3;6H,5H2,1-4H3;7H,6H2,1-5H3;4H2,1-3H3,(H,7,8). The number of fused-ring (bicyclic) bond motifs is 1. The van der Waals surface area contributed by atoms with Gasteiger partial charge in [0, 0.05) is 11.8 Å². The van der Waals surface area contributed by atoms with Crippen molar-refractivity contribution < 1.29 is 116 Å². The van der Waals surface area contributed by atoms with Gasteiger partial charge in [-0.05, 0) is 223 Å². The van der Waals surface area contributed by atoms with Gasteiger partial charge in [-0.3, -0.25) is 38.4 Å². The summed E-state index contributed by atoms with van der Waals surface area (Å²) < 4.78 is 147. The van der Waals surface area contributed by atoms with Gasteiger partial charge in [0.05, 0.1) is 45.7 Å². The first-order valence-corrected chi connectivity index (χ1v) is 43.9. The number of esters is 7. The number of benzene rings is 2. The number of alkyl halides is 9. The van der Waals surface area contributed by atoms with E-state index in [1.807, 2.05) is 76.2 Å². The van der Waals surface area contributed by atoms with Gasteiger partial charge >= 0.3 is 66.3 Å². The maximum absolute atomic E-state index is 12.8. The van der Waals surface area contributed by atoms with Crippen LogP contribution in [0, 0.1) is 68.0 Å². The van der Waals surface area contributed by atoms with Gasteiger partial charge in [0.2, 0.25) is 0 Å². The summed E-state index contributed by atoms with van der Waals surface area (Å²) in [5.41, 5.74) is 1.11. The van der Waals surface area contributed by atoms with Crippen LogP contribution in [0.25, 0.3) is 0 Å². The zero-order valence-corrected chi connectivity index (χ0v) is 80.8. The third-order valence-electron chi connectivity index (χ3n) is 23.8. The van der Waals surface area contributed by atoms with E-state index in [2.05, 4.69) is 169 Å². The fourth-order valence-electron chi connectivity index (χ4n) is 11.6. The Morgan fingerprint density at radius 1 is 0.479 bits per heavy atom. The first-order chi connectivity index (χ1) is 54.8. The molecule has 1 aliphatic heterocycles. The Hall–Kier alpha value is -6.43. The SMILES string of the molecule is CCC(C)(C)C(=O)O.CCC(C)(C)C(=O)OC(C(C)C)C(C)C.CCC(C)(C)C(=O)OC(C)C.CCC(C)(C)C(=O)OC(C)C(F)(F)F.CCC(C)(C)C(=O)OC1C2CC3C1OC(=O)C3(C(=O)OC(C(F)(F)F)C(F)(F)F)C2.CCC(C)c1ccc(C(C)(C)C)cc1.CCC(C)c1ccc(C(C)(C)C)cc1.CCCCC(CC)COC(=O)C(C)CC. The highest BCUT2D eigenvalue weighted by Crippen LogP contribution is 2.63. The van der Waals surface area contributed by atoms with Gasteiger partial charge in [0.1, 0.15) is 18.3 Å². The van der Waals surface area contributed by atoms with Crippen LogP contribution in [-0.2, 0) is 82.3 Å². The van der Waals surface area contributed by atoms with E-state index in [4.69, 9.17) is 28.8 Å². The number of unbranched alkanes of at least 4 members (excludes halogenated alkanes) is 1. The van der Waals surface area contributed by atoms with Gasteiger partial charge < -0.3 is 38.3 Å². The number of carbonyl (C=O) groups excluding carboxylic acids is 7. The normalized spacial score (nSPS) is 18.4. The predicted molar refractivity (Wildman–Crippen MR) is 462 cm³/mol. The van der Waals surface area contributed by atoms with Crippen molar-refractivity contribution >= 4 is 47.8 Å². The second-order valence-electron chi connectivity index (χ2n) is 39.0. The highest BCUT2D eigenvalue weighted by molar-refractivity contribution is 6.03. The van der Waals surface area contributed by atoms with E-state index in [1.165, 1.54) is 54.4 Å². The lowest BCUT2D eigenvalue weighted by Gasteiger charge is -2.33. The van der Waals surface area contributed by atoms with Crippen molar-refractivity contribution in [3.63, 3.8) is 0 Å². The Labute approximate surface area is 723 Å². The molecule has 3 aliphatic rings. The topological polar surface area (TPSA) is 221 Å². The van der Waals surface area contributed by atoms with Crippen molar-refractivity contribution in [1.82, 2.24) is 0 Å². The lowest BCUT2D eigenvalue weighted by molar-refractivity contribution is -0.315. The molecule has 1 heterocycles. The molecule has 1 saturated heterocycles. The van der Waals surface area contributed by atoms with Crippen LogP contribution < -0.4 is 0 Å². The summed E-state index contributed by atoms with van der Waals surface area (Å²) in [6.07, 6.45) is -13.8. The van der Waals surface area contributed by atoms with Crippen LogP contribution in [0.1, 0.15) is 373 Å². The molecule has 1 N–H and O–H groups in total. The molecular formula is C96H161F9O16. The average molecular weight is 1740 g/mol. The lowest BCUT2D eigenvalue weighted by Crippen LogP contribution is -2.51. The zero-order chi connectivity index (χ0) is 95.7. The summed E-state index contributed by atoms with van der Waals surface area (Å²) in [7, 11) is 0. The minimum Gasteiger partial charge on any atom is -0.481 e. The van der Waals surface area contributed by atoms with Gasteiger partial charge in [-0.15, -0.1) is 0 Å². The maximum Gasteiger partial charge on any atom is 0.434 e. The number of carboxylic acids is 1. The average Bonchev–Trinajstić information content (AvgIpc) is 1.53. The Morgan fingerprint density at radius 2 is 0.851 bits per heavy atom. The molecule has 0 spiro atoms. The second-order valence-corrected chi connectivity index (χ2v) is 39.0. The van der Waals surface area contributed by atoms with E-state index in [9.17, 15) is 77.9 Å². The van der Waals surface area contributed by atoms with Gasteiger partial charge in [0.15, 0.2) is 11.5 Å². The molecule has 3 fully saturated rings. The van der Waals surface area contributed by atoms with Crippen molar-refractivity contribution in [3.8, 4) is 0 Å². The van der Waals surface area contributed by atoms with Crippen LogP contribution in [0.4, 0.5) is 39.5 Å². The van der Waals surface area contributed by atoms with E-state index in [1.54, 1.807) is 55.4 Å². The fourth-order valence-corrected chi connectivity index (χ4v) is 11.6. The second kappa shape index (κ2) is 51.3. The monoisotopic (exact) mass is 1740 g/mol. The number of ether oxygens (including phenoxy) is 7. The number of hydrogen-bond donors (Lipinski definition) is 1. The Kier molecular flexibility index (Phi) is 50.3. The third kappa shape index (κ3) is 39.8. The molecule has 0 aromatic heterocycles. The first-order valence-electron chi connectivity index (χ1n) is 43.9. The number of carboxylic acid groups (broad SMARTS) is 1. The van der Waals surface area contributed by atoms with E-state index >= 15 is 0 Å². The molecule has 2 saturated carbocycles. The minimum absolute atomic E-state index is 0.00618. The number of rotatable bonds is 30. The molecule has 2 aliphatic carbocycles. The molecule has 10 atom stereocenters. The summed E-state index contributed by atoms with van der Waals surface area (Å²) in [6, 6.07) is 18.2. The molecule has 25 heteroatoms. The third-order valence-corrected chi connectivity index (χ3v) is 23.8. The van der Waals surface area contributed by atoms with E-state index < -0.39 is 113 Å². The molecule has 5 rings (SSSR count). The van der Waals surface area contributed by atoms with Crippen LogP contribution in [0.15, 0.2) is 48.5 Å². The summed E-state index contributed by atoms with van der Waals surface area (Å²) in [5.74, 6) is -4.40. The Balaban J connectivity index is -0.00000136. The van der Waals surface area contributed by atoms with Crippen molar-refractivity contribution in [1.29, 1.82) is 0 Å². The summed E-state index contributed by atoms with van der Waals surface area (Å²) in [6.45, 7) is 71.3. The molecule has 16 nitrogen and oxygen atoms in total. The van der Waals surface area contributed by atoms with Crippen LogP contribution in [0.5, 0.6) is 0 Å². The van der Waals surface area contributed by atoms with E-state index in [0.29, 0.717) is 55.5 Å². The summed E-state index contributed by atoms with van der Waals surface area (Å²) >= 11 is 0. The molecule has 121 heavy (non-hydrogen) atoms. The summed E-state index contributed by atoms with van der Waals surface area (Å²) in [4.78, 5) is 93.3. The molecule has 2 bridgehead atoms. The Morgan fingerprint density at radius 3 is 1.15 bits per heavy atom.